The Morgan fingerprint density at radius 2 is 2.00 bits per heavy atom. The smallest absolute Gasteiger partial charge is 0.164 e. The number of rotatable bonds is 0. The van der Waals surface area contributed by atoms with E-state index < -0.39 is 11.6 Å². The summed E-state index contributed by atoms with van der Waals surface area (Å²) in [6.45, 7) is 0. The van der Waals surface area contributed by atoms with Gasteiger partial charge in [0.2, 0.25) is 0 Å². The Kier molecular flexibility index (Phi) is 3.03. The molecule has 0 saturated carbocycles. The Balaban J connectivity index is 2.07. The predicted octanol–water partition coefficient (Wildman–Crippen LogP) is 2.23. The molecule has 0 atom stereocenters. The zero-order valence-electron chi connectivity index (χ0n) is 11.1. The maximum Gasteiger partial charge on any atom is 0.164 e. The fourth-order valence-corrected chi connectivity index (χ4v) is 1.91. The fourth-order valence-electron chi connectivity index (χ4n) is 1.91. The molecule has 4 nitrogen and oxygen atoms in total. The Labute approximate surface area is 119 Å². The number of fused-ring (bicyclic) bond motifs is 1. The normalized spacial score (nSPS) is 10.4. The van der Waals surface area contributed by atoms with Gasteiger partial charge in [-0.1, -0.05) is 11.8 Å². The predicted molar refractivity (Wildman–Crippen MR) is 75.3 cm³/mol. The number of anilines is 1. The van der Waals surface area contributed by atoms with Gasteiger partial charge >= 0.3 is 0 Å². The molecule has 104 valence electrons. The van der Waals surface area contributed by atoms with Crippen molar-refractivity contribution in [1.29, 1.82) is 0 Å². The first-order chi connectivity index (χ1) is 10.1. The van der Waals surface area contributed by atoms with Gasteiger partial charge < -0.3 is 5.73 Å². The van der Waals surface area contributed by atoms with Crippen LogP contribution in [0.1, 0.15) is 11.1 Å². The molecule has 0 amide bonds. The summed E-state index contributed by atoms with van der Waals surface area (Å²) < 4.78 is 29.0. The van der Waals surface area contributed by atoms with E-state index in [2.05, 4.69) is 21.9 Å². The summed E-state index contributed by atoms with van der Waals surface area (Å²) in [4.78, 5) is 4.18. The number of aryl methyl sites for hydroxylation is 1. The van der Waals surface area contributed by atoms with Crippen LogP contribution in [0.5, 0.6) is 0 Å². The molecule has 0 fully saturated rings. The van der Waals surface area contributed by atoms with Gasteiger partial charge in [0.25, 0.3) is 0 Å². The van der Waals surface area contributed by atoms with Gasteiger partial charge in [-0.05, 0) is 18.2 Å². The number of hydrogen-bond donors (Lipinski definition) is 1. The van der Waals surface area contributed by atoms with Crippen LogP contribution in [0.2, 0.25) is 0 Å². The van der Waals surface area contributed by atoms with Crippen molar-refractivity contribution in [3.8, 4) is 11.8 Å². The maximum atomic E-state index is 13.7. The largest absolute Gasteiger partial charge is 0.396 e. The molecular weight excluding hydrogens is 274 g/mol. The highest BCUT2D eigenvalue weighted by Crippen LogP contribution is 2.18. The molecule has 3 rings (SSSR count). The van der Waals surface area contributed by atoms with Crippen molar-refractivity contribution >= 4 is 16.7 Å². The van der Waals surface area contributed by atoms with E-state index in [-0.39, 0.29) is 11.3 Å². The molecule has 0 radical (unpaired) electrons. The average Bonchev–Trinajstić information content (AvgIpc) is 2.84. The first-order valence-electron chi connectivity index (χ1n) is 6.09. The molecule has 0 aliphatic heterocycles. The van der Waals surface area contributed by atoms with Gasteiger partial charge in [-0.25, -0.2) is 8.78 Å². The third-order valence-corrected chi connectivity index (χ3v) is 3.05. The van der Waals surface area contributed by atoms with Crippen molar-refractivity contribution < 1.29 is 8.78 Å². The van der Waals surface area contributed by atoms with E-state index in [9.17, 15) is 8.78 Å². The van der Waals surface area contributed by atoms with Gasteiger partial charge in [0.05, 0.1) is 23.0 Å². The van der Waals surface area contributed by atoms with Gasteiger partial charge in [0.15, 0.2) is 5.82 Å². The number of pyridine rings is 1. The minimum Gasteiger partial charge on any atom is -0.396 e. The van der Waals surface area contributed by atoms with E-state index in [1.165, 1.54) is 12.3 Å². The summed E-state index contributed by atoms with van der Waals surface area (Å²) >= 11 is 0. The zero-order chi connectivity index (χ0) is 15.0. The second-order valence-electron chi connectivity index (χ2n) is 4.47. The third-order valence-electron chi connectivity index (χ3n) is 3.05. The molecule has 0 unspecified atom stereocenters. The summed E-state index contributed by atoms with van der Waals surface area (Å²) in [6, 6.07) is 4.01. The fraction of sp³-hybridized carbons (Fsp3) is 0.0667. The number of nitrogens with two attached hydrogens (primary N) is 1. The first-order valence-corrected chi connectivity index (χ1v) is 6.09. The lowest BCUT2D eigenvalue weighted by Crippen LogP contribution is -1.97. The van der Waals surface area contributed by atoms with Gasteiger partial charge in [0.1, 0.15) is 11.3 Å². The van der Waals surface area contributed by atoms with Crippen molar-refractivity contribution in [2.45, 2.75) is 0 Å². The van der Waals surface area contributed by atoms with Crippen molar-refractivity contribution in [1.82, 2.24) is 14.8 Å². The van der Waals surface area contributed by atoms with Crippen LogP contribution in [0.25, 0.3) is 11.0 Å². The molecule has 2 N–H and O–H groups in total. The molecule has 1 aromatic carbocycles. The Morgan fingerprint density at radius 3 is 2.81 bits per heavy atom. The van der Waals surface area contributed by atoms with Crippen molar-refractivity contribution in [3.63, 3.8) is 0 Å². The van der Waals surface area contributed by atoms with E-state index >= 15 is 0 Å². The number of halogens is 2. The van der Waals surface area contributed by atoms with Crippen molar-refractivity contribution in [2.24, 2.45) is 7.05 Å². The lowest BCUT2D eigenvalue weighted by Gasteiger charge is -2.00. The van der Waals surface area contributed by atoms with Crippen LogP contribution >= 0.6 is 0 Å². The topological polar surface area (TPSA) is 56.7 Å². The monoisotopic (exact) mass is 284 g/mol. The second kappa shape index (κ2) is 4.87. The Morgan fingerprint density at radius 1 is 1.19 bits per heavy atom. The third kappa shape index (κ3) is 2.30. The van der Waals surface area contributed by atoms with Gasteiger partial charge in [-0.15, -0.1) is 0 Å². The summed E-state index contributed by atoms with van der Waals surface area (Å²) in [5, 5.41) is 4.06. The van der Waals surface area contributed by atoms with Crippen molar-refractivity contribution in [2.75, 3.05) is 5.73 Å². The molecule has 6 heteroatoms. The number of aromatic nitrogens is 3. The maximum absolute atomic E-state index is 13.7. The molecule has 21 heavy (non-hydrogen) atoms. The number of nitrogen functional groups attached to an aromatic ring is 1. The van der Waals surface area contributed by atoms with Crippen LogP contribution in [0.4, 0.5) is 14.5 Å². The highest BCUT2D eigenvalue weighted by molar-refractivity contribution is 5.75. The van der Waals surface area contributed by atoms with Crippen LogP contribution in [-0.2, 0) is 7.05 Å². The number of nitrogens with zero attached hydrogens (tertiary/aromatic N) is 3. The SMILES string of the molecule is Cn1ncc2ncc(C#Cc3c(F)ccc(N)c3F)cc21. The quantitative estimate of drug-likeness (QED) is 0.509. The van der Waals surface area contributed by atoms with E-state index in [1.54, 1.807) is 24.0 Å². The van der Waals surface area contributed by atoms with Gasteiger partial charge in [-0.3, -0.25) is 9.67 Å². The average molecular weight is 284 g/mol. The second-order valence-corrected chi connectivity index (χ2v) is 4.47. The molecule has 0 spiro atoms. The minimum atomic E-state index is -0.850. The first kappa shape index (κ1) is 13.1. The molecule has 3 aromatic rings. The van der Waals surface area contributed by atoms with Crippen LogP contribution in [-0.4, -0.2) is 14.8 Å². The van der Waals surface area contributed by atoms with E-state index in [0.717, 1.165) is 17.1 Å². The summed E-state index contributed by atoms with van der Waals surface area (Å²) in [7, 11) is 1.78. The van der Waals surface area contributed by atoms with Crippen LogP contribution < -0.4 is 5.73 Å². The number of hydrogen-bond acceptors (Lipinski definition) is 3. The van der Waals surface area contributed by atoms with E-state index in [0.29, 0.717) is 5.56 Å². The minimum absolute atomic E-state index is 0.138. The lowest BCUT2D eigenvalue weighted by molar-refractivity contribution is 0.580. The van der Waals surface area contributed by atoms with Crippen LogP contribution in [0.15, 0.2) is 30.6 Å². The standard InChI is InChI=1S/C15H10F2N4/c1-21-14-6-9(7-19-13(14)8-20-21)2-3-10-11(16)4-5-12(18)15(10)17/h4-8H,18H2,1H3. The highest BCUT2D eigenvalue weighted by Gasteiger charge is 2.09. The van der Waals surface area contributed by atoms with Gasteiger partial charge in [0, 0.05) is 18.8 Å². The highest BCUT2D eigenvalue weighted by atomic mass is 19.1. The lowest BCUT2D eigenvalue weighted by atomic mass is 10.1. The molecule has 0 aliphatic carbocycles. The van der Waals surface area contributed by atoms with Gasteiger partial charge in [-0.2, -0.15) is 5.10 Å². The van der Waals surface area contributed by atoms with E-state index in [4.69, 9.17) is 5.73 Å². The summed E-state index contributed by atoms with van der Waals surface area (Å²) in [5.74, 6) is 3.56. The number of benzene rings is 1. The van der Waals surface area contributed by atoms with Crippen molar-refractivity contribution in [3.05, 3.63) is 53.4 Å². The molecular formula is C15H10F2N4. The molecule has 0 bridgehead atoms. The molecule has 2 aromatic heterocycles. The Hall–Kier alpha value is -2.94. The summed E-state index contributed by atoms with van der Waals surface area (Å²) in [5.41, 5.74) is 6.97. The molecule has 2 heterocycles. The van der Waals surface area contributed by atoms with Crippen LogP contribution in [0, 0.1) is 23.5 Å². The summed E-state index contributed by atoms with van der Waals surface area (Å²) in [6.07, 6.45) is 3.16. The molecule has 0 aliphatic rings. The Bertz CT molecular complexity index is 903. The van der Waals surface area contributed by atoms with Crippen LogP contribution in [0.3, 0.4) is 0 Å². The molecule has 0 saturated heterocycles. The van der Waals surface area contributed by atoms with E-state index in [1.807, 2.05) is 0 Å². The zero-order valence-corrected chi connectivity index (χ0v) is 11.1.